The minimum atomic E-state index is -1.04. The van der Waals surface area contributed by atoms with Crippen LogP contribution in [0.15, 0.2) is 48.5 Å². The Hall–Kier alpha value is -3.28. The van der Waals surface area contributed by atoms with Crippen LogP contribution in [0.5, 0.6) is 0 Å². The van der Waals surface area contributed by atoms with E-state index in [0.29, 0.717) is 28.1 Å². The summed E-state index contributed by atoms with van der Waals surface area (Å²) >= 11 is 0. The average molecular weight is 392 g/mol. The Bertz CT molecular complexity index is 1110. The van der Waals surface area contributed by atoms with Crippen LogP contribution in [-0.2, 0) is 9.53 Å². The maximum Gasteiger partial charge on any atom is 0.339 e. The van der Waals surface area contributed by atoms with Crippen molar-refractivity contribution < 1.29 is 18.7 Å². The molecule has 29 heavy (non-hydrogen) atoms. The molecule has 1 atom stereocenters. The van der Waals surface area contributed by atoms with Gasteiger partial charge >= 0.3 is 5.97 Å². The van der Waals surface area contributed by atoms with Gasteiger partial charge in [0.2, 0.25) is 0 Å². The maximum atomic E-state index is 13.7. The van der Waals surface area contributed by atoms with Crippen molar-refractivity contribution in [3.05, 3.63) is 71.2 Å². The third-order valence-corrected chi connectivity index (χ3v) is 5.04. The fourth-order valence-corrected chi connectivity index (χ4v) is 3.15. The van der Waals surface area contributed by atoms with Gasteiger partial charge in [-0.2, -0.15) is 0 Å². The van der Waals surface area contributed by atoms with Gasteiger partial charge in [0.25, 0.3) is 5.91 Å². The molecular weight excluding hydrogens is 371 g/mol. The van der Waals surface area contributed by atoms with Gasteiger partial charge in [-0.25, -0.2) is 9.18 Å². The fraction of sp³-hybridized carbons (Fsp3) is 0.261. The predicted octanol–water partition coefficient (Wildman–Crippen LogP) is 4.74. The lowest BCUT2D eigenvalue weighted by Gasteiger charge is -2.15. The molecule has 3 aromatic rings. The van der Waals surface area contributed by atoms with Crippen LogP contribution in [0.4, 0.5) is 10.1 Å². The molecular formula is C23H21FN2O3. The van der Waals surface area contributed by atoms with Crippen LogP contribution >= 0.6 is 0 Å². The number of hydrogen-bond donors (Lipinski definition) is 1. The number of rotatable bonds is 5. The zero-order valence-electron chi connectivity index (χ0n) is 16.2. The number of aryl methyl sites for hydroxylation is 1. The Kier molecular flexibility index (Phi) is 5.01. The van der Waals surface area contributed by atoms with Crippen molar-refractivity contribution in [2.24, 2.45) is 0 Å². The molecule has 2 aromatic carbocycles. The van der Waals surface area contributed by atoms with E-state index in [-0.39, 0.29) is 0 Å². The number of para-hydroxylation sites is 1. The van der Waals surface area contributed by atoms with E-state index in [1.165, 1.54) is 13.0 Å². The van der Waals surface area contributed by atoms with Crippen molar-refractivity contribution in [1.82, 2.24) is 4.98 Å². The van der Waals surface area contributed by atoms with Crippen LogP contribution in [0.2, 0.25) is 0 Å². The first-order valence-electron chi connectivity index (χ1n) is 9.60. The van der Waals surface area contributed by atoms with Gasteiger partial charge in [-0.05, 0) is 56.5 Å². The van der Waals surface area contributed by atoms with E-state index in [1.54, 1.807) is 25.1 Å². The van der Waals surface area contributed by atoms with Crippen LogP contribution in [0.25, 0.3) is 10.9 Å². The van der Waals surface area contributed by atoms with Gasteiger partial charge in [-0.3, -0.25) is 9.78 Å². The first-order chi connectivity index (χ1) is 13.9. The SMILES string of the molecule is Cc1ccc(NC(=O)[C@H](C)OC(=O)c2cc(C3CC3)nc3ccccc23)cc1F. The standard InChI is InChI=1S/C23H21FN2O3/c1-13-7-10-16(11-19(13)24)25-22(27)14(2)29-23(28)18-12-21(15-8-9-15)26-20-6-4-3-5-17(18)20/h3-7,10-12,14-15H,8-9H2,1-2H3,(H,25,27)/t14-/m0/s1. The Balaban J connectivity index is 1.52. The molecule has 1 N–H and O–H groups in total. The van der Waals surface area contributed by atoms with Gasteiger partial charge < -0.3 is 10.1 Å². The lowest BCUT2D eigenvalue weighted by Crippen LogP contribution is -2.30. The van der Waals surface area contributed by atoms with Crippen molar-refractivity contribution in [1.29, 1.82) is 0 Å². The zero-order valence-corrected chi connectivity index (χ0v) is 16.2. The lowest BCUT2D eigenvalue weighted by molar-refractivity contribution is -0.123. The highest BCUT2D eigenvalue weighted by Crippen LogP contribution is 2.40. The van der Waals surface area contributed by atoms with Gasteiger partial charge in [-0.15, -0.1) is 0 Å². The van der Waals surface area contributed by atoms with Gasteiger partial charge in [0, 0.05) is 22.7 Å². The molecule has 1 aliphatic carbocycles. The Morgan fingerprint density at radius 2 is 1.93 bits per heavy atom. The minimum absolute atomic E-state index is 0.311. The third kappa shape index (κ3) is 4.11. The second-order valence-corrected chi connectivity index (χ2v) is 7.39. The van der Waals surface area contributed by atoms with E-state index in [1.807, 2.05) is 24.3 Å². The normalized spacial score (nSPS) is 14.4. The molecule has 1 fully saturated rings. The number of nitrogens with one attached hydrogen (secondary N) is 1. The van der Waals surface area contributed by atoms with Crippen molar-refractivity contribution in [2.75, 3.05) is 5.32 Å². The summed E-state index contributed by atoms with van der Waals surface area (Å²) < 4.78 is 19.1. The predicted molar refractivity (Wildman–Crippen MR) is 108 cm³/mol. The molecule has 4 rings (SSSR count). The summed E-state index contributed by atoms with van der Waals surface area (Å²) in [5.41, 5.74) is 2.81. The molecule has 0 aliphatic heterocycles. The van der Waals surface area contributed by atoms with E-state index >= 15 is 0 Å². The highest BCUT2D eigenvalue weighted by molar-refractivity contribution is 6.05. The number of carbonyl (C=O) groups excluding carboxylic acids is 2. The fourth-order valence-electron chi connectivity index (χ4n) is 3.15. The van der Waals surface area contributed by atoms with Crippen LogP contribution in [-0.4, -0.2) is 23.0 Å². The van der Waals surface area contributed by atoms with Gasteiger partial charge in [-0.1, -0.05) is 24.3 Å². The summed E-state index contributed by atoms with van der Waals surface area (Å²) in [6, 6.07) is 13.6. The molecule has 6 heteroatoms. The van der Waals surface area contributed by atoms with Crippen molar-refractivity contribution in [3.8, 4) is 0 Å². The number of amides is 1. The number of carbonyl (C=O) groups is 2. The first kappa shape index (κ1) is 19.1. The summed E-state index contributed by atoms with van der Waals surface area (Å²) in [7, 11) is 0. The summed E-state index contributed by atoms with van der Waals surface area (Å²) in [5, 5.41) is 3.26. The molecule has 0 saturated heterocycles. The molecule has 1 saturated carbocycles. The van der Waals surface area contributed by atoms with Crippen molar-refractivity contribution in [3.63, 3.8) is 0 Å². The number of fused-ring (bicyclic) bond motifs is 1. The molecule has 1 heterocycles. The molecule has 1 aliphatic rings. The van der Waals surface area contributed by atoms with Gasteiger partial charge in [0.15, 0.2) is 6.10 Å². The van der Waals surface area contributed by atoms with E-state index in [9.17, 15) is 14.0 Å². The van der Waals surface area contributed by atoms with Crippen molar-refractivity contribution in [2.45, 2.75) is 38.7 Å². The molecule has 0 radical (unpaired) electrons. The van der Waals surface area contributed by atoms with Crippen LogP contribution < -0.4 is 5.32 Å². The van der Waals surface area contributed by atoms with Crippen LogP contribution in [0.1, 0.15) is 47.3 Å². The number of ether oxygens (including phenoxy) is 1. The van der Waals surface area contributed by atoms with Crippen LogP contribution in [0.3, 0.4) is 0 Å². The Morgan fingerprint density at radius 1 is 1.17 bits per heavy atom. The molecule has 148 valence electrons. The molecule has 0 bridgehead atoms. The van der Waals surface area contributed by atoms with E-state index in [2.05, 4.69) is 10.3 Å². The quantitative estimate of drug-likeness (QED) is 0.637. The van der Waals surface area contributed by atoms with Gasteiger partial charge in [0.1, 0.15) is 5.82 Å². The Labute approximate surface area is 167 Å². The minimum Gasteiger partial charge on any atom is -0.449 e. The Morgan fingerprint density at radius 3 is 2.66 bits per heavy atom. The summed E-state index contributed by atoms with van der Waals surface area (Å²) in [6.07, 6.45) is 1.08. The van der Waals surface area contributed by atoms with E-state index in [4.69, 9.17) is 4.74 Å². The molecule has 0 unspecified atom stereocenters. The van der Waals surface area contributed by atoms with Crippen molar-refractivity contribution >= 4 is 28.5 Å². The topological polar surface area (TPSA) is 68.3 Å². The van der Waals surface area contributed by atoms with Crippen LogP contribution in [0, 0.1) is 12.7 Å². The first-order valence-corrected chi connectivity index (χ1v) is 9.60. The summed E-state index contributed by atoms with van der Waals surface area (Å²) in [5.74, 6) is -1.14. The molecule has 0 spiro atoms. The number of pyridine rings is 1. The number of benzene rings is 2. The molecule has 1 amide bonds. The summed E-state index contributed by atoms with van der Waals surface area (Å²) in [6.45, 7) is 3.13. The van der Waals surface area contributed by atoms with E-state index < -0.39 is 23.8 Å². The largest absolute Gasteiger partial charge is 0.449 e. The third-order valence-electron chi connectivity index (χ3n) is 5.04. The number of halogens is 1. The number of anilines is 1. The van der Waals surface area contributed by atoms with Gasteiger partial charge in [0.05, 0.1) is 11.1 Å². The highest BCUT2D eigenvalue weighted by atomic mass is 19.1. The molecule has 5 nitrogen and oxygen atoms in total. The number of esters is 1. The lowest BCUT2D eigenvalue weighted by atomic mass is 10.1. The maximum absolute atomic E-state index is 13.7. The average Bonchev–Trinajstić information content (AvgIpc) is 3.55. The summed E-state index contributed by atoms with van der Waals surface area (Å²) in [4.78, 5) is 29.9. The number of hydrogen-bond acceptors (Lipinski definition) is 4. The second-order valence-electron chi connectivity index (χ2n) is 7.39. The second kappa shape index (κ2) is 7.62. The van der Waals surface area contributed by atoms with E-state index in [0.717, 1.165) is 24.1 Å². The number of nitrogens with zero attached hydrogens (tertiary/aromatic N) is 1. The highest BCUT2D eigenvalue weighted by Gasteiger charge is 2.28. The number of aromatic nitrogens is 1. The zero-order chi connectivity index (χ0) is 20.5. The smallest absolute Gasteiger partial charge is 0.339 e. The molecule has 1 aromatic heterocycles. The monoisotopic (exact) mass is 392 g/mol.